The third kappa shape index (κ3) is 5.87. The van der Waals surface area contributed by atoms with E-state index < -0.39 is 15.9 Å². The summed E-state index contributed by atoms with van der Waals surface area (Å²) in [4.78, 5) is 14.7. The molecule has 0 atom stereocenters. The Morgan fingerprint density at radius 3 is 2.37 bits per heavy atom. The normalized spacial score (nSPS) is 11.2. The lowest BCUT2D eigenvalue weighted by atomic mass is 10.2. The van der Waals surface area contributed by atoms with E-state index in [1.54, 1.807) is 24.3 Å². The Labute approximate surface area is 189 Å². The summed E-state index contributed by atoms with van der Waals surface area (Å²) in [6.07, 6.45) is 1.09. The van der Waals surface area contributed by atoms with Gasteiger partial charge in [-0.15, -0.1) is 0 Å². The van der Waals surface area contributed by atoms with Crippen molar-refractivity contribution in [2.75, 3.05) is 22.4 Å². The van der Waals surface area contributed by atoms with Crippen molar-refractivity contribution in [3.8, 4) is 0 Å². The number of para-hydroxylation sites is 1. The number of benzene rings is 3. The Morgan fingerprint density at radius 1 is 1.03 bits per heavy atom. The van der Waals surface area contributed by atoms with Crippen molar-refractivity contribution in [1.82, 2.24) is 0 Å². The zero-order chi connectivity index (χ0) is 21.7. The van der Waals surface area contributed by atoms with Crippen molar-refractivity contribution < 1.29 is 13.2 Å². The van der Waals surface area contributed by atoms with Crippen LogP contribution in [0, 0.1) is 6.92 Å². The molecule has 0 aliphatic rings. The molecule has 1 amide bonds. The Kier molecular flexibility index (Phi) is 7.23. The first-order chi connectivity index (χ1) is 14.2. The molecular formula is C22H21BrN2O3S2. The number of carbonyl (C=O) groups is 1. The Morgan fingerprint density at radius 2 is 1.70 bits per heavy atom. The van der Waals surface area contributed by atoms with E-state index in [1.807, 2.05) is 55.5 Å². The number of hydrogen-bond acceptors (Lipinski definition) is 4. The molecule has 0 unspecified atom stereocenters. The number of amides is 1. The SMILES string of the molecule is Cc1cc(N(CC(=O)Nc2ccccc2Sc2ccccc2)S(C)(=O)=O)ccc1Br. The average Bonchev–Trinajstić information content (AvgIpc) is 2.70. The van der Waals surface area contributed by atoms with Crippen molar-refractivity contribution in [2.24, 2.45) is 0 Å². The summed E-state index contributed by atoms with van der Waals surface area (Å²) in [5, 5.41) is 2.85. The maximum Gasteiger partial charge on any atom is 0.245 e. The molecule has 0 spiro atoms. The highest BCUT2D eigenvalue weighted by atomic mass is 79.9. The Hall–Kier alpha value is -2.29. The molecule has 0 fully saturated rings. The van der Waals surface area contributed by atoms with E-state index in [9.17, 15) is 13.2 Å². The largest absolute Gasteiger partial charge is 0.323 e. The van der Waals surface area contributed by atoms with Gasteiger partial charge in [0, 0.05) is 14.3 Å². The molecule has 0 radical (unpaired) electrons. The highest BCUT2D eigenvalue weighted by Gasteiger charge is 2.22. The van der Waals surface area contributed by atoms with E-state index in [1.165, 1.54) is 11.8 Å². The minimum absolute atomic E-state index is 0.315. The summed E-state index contributed by atoms with van der Waals surface area (Å²) in [7, 11) is -3.64. The van der Waals surface area contributed by atoms with Crippen LogP contribution in [0.4, 0.5) is 11.4 Å². The molecule has 0 saturated heterocycles. The van der Waals surface area contributed by atoms with Gasteiger partial charge in [-0.25, -0.2) is 8.42 Å². The van der Waals surface area contributed by atoms with Gasteiger partial charge in [0.2, 0.25) is 15.9 Å². The molecule has 3 rings (SSSR count). The van der Waals surface area contributed by atoms with Crippen LogP contribution in [0.25, 0.3) is 0 Å². The molecule has 30 heavy (non-hydrogen) atoms. The predicted octanol–water partition coefficient (Wildman–Crippen LogP) is 5.31. The molecule has 5 nitrogen and oxygen atoms in total. The first kappa shape index (κ1) is 22.4. The third-order valence-electron chi connectivity index (χ3n) is 4.25. The number of aryl methyl sites for hydroxylation is 1. The summed E-state index contributed by atoms with van der Waals surface area (Å²) in [6, 6.07) is 22.5. The molecule has 3 aromatic carbocycles. The van der Waals surface area contributed by atoms with E-state index in [0.29, 0.717) is 11.4 Å². The fourth-order valence-electron chi connectivity index (χ4n) is 2.78. The van der Waals surface area contributed by atoms with Gasteiger partial charge in [-0.1, -0.05) is 58.0 Å². The van der Waals surface area contributed by atoms with Crippen molar-refractivity contribution in [3.63, 3.8) is 0 Å². The second-order valence-corrected chi connectivity index (χ2v) is 10.5. The topological polar surface area (TPSA) is 66.5 Å². The maximum absolute atomic E-state index is 12.8. The second-order valence-electron chi connectivity index (χ2n) is 6.66. The van der Waals surface area contributed by atoms with Crippen LogP contribution in [0.5, 0.6) is 0 Å². The molecule has 0 bridgehead atoms. The van der Waals surface area contributed by atoms with Crippen LogP contribution >= 0.6 is 27.7 Å². The molecule has 0 saturated carbocycles. The fourth-order valence-corrected chi connectivity index (χ4v) is 4.80. The van der Waals surface area contributed by atoms with E-state index >= 15 is 0 Å². The first-order valence-corrected chi connectivity index (χ1v) is 12.6. The van der Waals surface area contributed by atoms with E-state index in [-0.39, 0.29) is 6.54 Å². The number of rotatable bonds is 7. The summed E-state index contributed by atoms with van der Waals surface area (Å²) < 4.78 is 26.7. The standard InChI is InChI=1S/C22H21BrN2O3S2/c1-16-14-17(12-13-19(16)23)25(30(2,27)28)15-22(26)24-20-10-6-7-11-21(20)29-18-8-4-3-5-9-18/h3-14H,15H2,1-2H3,(H,24,26). The van der Waals surface area contributed by atoms with Gasteiger partial charge in [-0.05, 0) is 55.0 Å². The molecule has 8 heteroatoms. The summed E-state index contributed by atoms with van der Waals surface area (Å²) in [5.41, 5.74) is 1.96. The molecule has 1 N–H and O–H groups in total. The molecule has 0 aliphatic heterocycles. The molecule has 0 aromatic heterocycles. The highest BCUT2D eigenvalue weighted by molar-refractivity contribution is 9.10. The molecule has 156 valence electrons. The lowest BCUT2D eigenvalue weighted by molar-refractivity contribution is -0.114. The molecule has 3 aromatic rings. The van der Waals surface area contributed by atoms with Crippen LogP contribution in [0.2, 0.25) is 0 Å². The number of nitrogens with one attached hydrogen (secondary N) is 1. The number of sulfonamides is 1. The molecule has 0 heterocycles. The van der Waals surface area contributed by atoms with Crippen LogP contribution < -0.4 is 9.62 Å². The highest BCUT2D eigenvalue weighted by Crippen LogP contribution is 2.33. The fraction of sp³-hybridized carbons (Fsp3) is 0.136. The third-order valence-corrected chi connectivity index (χ3v) is 7.36. The zero-order valence-electron chi connectivity index (χ0n) is 16.5. The predicted molar refractivity (Wildman–Crippen MR) is 127 cm³/mol. The van der Waals surface area contributed by atoms with Gasteiger partial charge < -0.3 is 5.32 Å². The average molecular weight is 505 g/mol. The summed E-state index contributed by atoms with van der Waals surface area (Å²) in [5.74, 6) is -0.415. The van der Waals surface area contributed by atoms with E-state index in [4.69, 9.17) is 0 Å². The number of nitrogens with zero attached hydrogens (tertiary/aromatic N) is 1. The van der Waals surface area contributed by atoms with Crippen LogP contribution in [0.1, 0.15) is 5.56 Å². The Balaban J connectivity index is 1.80. The van der Waals surface area contributed by atoms with Crippen LogP contribution in [0.15, 0.2) is 87.1 Å². The molecule has 0 aliphatic carbocycles. The van der Waals surface area contributed by atoms with Gasteiger partial charge >= 0.3 is 0 Å². The quantitative estimate of drug-likeness (QED) is 0.473. The lowest BCUT2D eigenvalue weighted by Gasteiger charge is -2.23. The summed E-state index contributed by atoms with van der Waals surface area (Å²) >= 11 is 4.94. The monoisotopic (exact) mass is 504 g/mol. The lowest BCUT2D eigenvalue weighted by Crippen LogP contribution is -2.37. The number of hydrogen-bond donors (Lipinski definition) is 1. The van der Waals surface area contributed by atoms with E-state index in [2.05, 4.69) is 21.2 Å². The van der Waals surface area contributed by atoms with Gasteiger partial charge in [-0.3, -0.25) is 9.10 Å². The first-order valence-electron chi connectivity index (χ1n) is 9.09. The summed E-state index contributed by atoms with van der Waals surface area (Å²) in [6.45, 7) is 1.55. The minimum Gasteiger partial charge on any atom is -0.323 e. The van der Waals surface area contributed by atoms with Crippen molar-refractivity contribution in [3.05, 3.63) is 82.8 Å². The van der Waals surface area contributed by atoms with Crippen molar-refractivity contribution in [2.45, 2.75) is 16.7 Å². The van der Waals surface area contributed by atoms with Crippen LogP contribution in [0.3, 0.4) is 0 Å². The second kappa shape index (κ2) is 9.68. The Bertz CT molecular complexity index is 1150. The minimum atomic E-state index is -3.64. The van der Waals surface area contributed by atoms with Crippen LogP contribution in [-0.2, 0) is 14.8 Å². The van der Waals surface area contributed by atoms with Gasteiger partial charge in [0.25, 0.3) is 0 Å². The van der Waals surface area contributed by atoms with Crippen molar-refractivity contribution >= 4 is 55.0 Å². The van der Waals surface area contributed by atoms with Gasteiger partial charge in [-0.2, -0.15) is 0 Å². The number of anilines is 2. The van der Waals surface area contributed by atoms with Crippen molar-refractivity contribution in [1.29, 1.82) is 0 Å². The number of halogens is 1. The van der Waals surface area contributed by atoms with Gasteiger partial charge in [0.15, 0.2) is 0 Å². The maximum atomic E-state index is 12.8. The zero-order valence-corrected chi connectivity index (χ0v) is 19.7. The van der Waals surface area contributed by atoms with Gasteiger partial charge in [0.1, 0.15) is 6.54 Å². The van der Waals surface area contributed by atoms with Gasteiger partial charge in [0.05, 0.1) is 17.6 Å². The molecular weight excluding hydrogens is 484 g/mol. The number of carbonyl (C=O) groups excluding carboxylic acids is 1. The van der Waals surface area contributed by atoms with Crippen LogP contribution in [-0.4, -0.2) is 27.1 Å². The van der Waals surface area contributed by atoms with E-state index in [0.717, 1.165) is 30.4 Å². The smallest absolute Gasteiger partial charge is 0.245 e.